The van der Waals surface area contributed by atoms with E-state index in [4.69, 9.17) is 21.9 Å². The molecule has 0 bridgehead atoms. The third kappa shape index (κ3) is 1.91. The summed E-state index contributed by atoms with van der Waals surface area (Å²) in [4.78, 5) is 46.2. The summed E-state index contributed by atoms with van der Waals surface area (Å²) in [5, 5.41) is 16.1. The van der Waals surface area contributed by atoms with Gasteiger partial charge in [-0.2, -0.15) is 0 Å². The number of carbonyl (C=O) groups is 4. The summed E-state index contributed by atoms with van der Waals surface area (Å²) in [6, 6.07) is 2.29. The number of primary amides is 2. The van der Waals surface area contributed by atoms with Crippen LogP contribution in [0.3, 0.4) is 0 Å². The number of aromatic carboxylic acids is 1. The third-order valence-corrected chi connectivity index (χ3v) is 6.74. The Morgan fingerprint density at radius 3 is 1.96 bits per heavy atom. The van der Waals surface area contributed by atoms with Crippen molar-refractivity contribution < 1.29 is 34.1 Å². The van der Waals surface area contributed by atoms with Gasteiger partial charge in [-0.25, -0.2) is 9.59 Å². The largest absolute Gasteiger partial charge is 0.496 e. The second-order valence-electron chi connectivity index (χ2n) is 4.62. The molecular formula is C13H13N3O7S. The lowest BCUT2D eigenvalue weighted by molar-refractivity contribution is -0.131. The summed E-state index contributed by atoms with van der Waals surface area (Å²) in [5.74, 6) is -3.22. The highest BCUT2D eigenvalue weighted by Gasteiger charge is 2.55. The minimum Gasteiger partial charge on any atom is -0.496 e. The maximum atomic E-state index is 12.1. The lowest BCUT2D eigenvalue weighted by atomic mass is 10.1. The lowest BCUT2D eigenvalue weighted by Gasteiger charge is -2.31. The monoisotopic (exact) mass is 355 g/mol. The molecule has 10 nitrogen and oxygen atoms in total. The predicted molar refractivity (Wildman–Crippen MR) is 83.7 cm³/mol. The molecule has 1 aliphatic rings. The fourth-order valence-electron chi connectivity index (χ4n) is 2.60. The van der Waals surface area contributed by atoms with E-state index < -0.39 is 53.5 Å². The number of benzene rings is 1. The molecule has 1 aromatic rings. The van der Waals surface area contributed by atoms with Gasteiger partial charge in [0.25, 0.3) is 10.5 Å². The first kappa shape index (κ1) is 17.1. The first-order valence-electron chi connectivity index (χ1n) is 6.22. The number of hydrogen-bond donors (Lipinski definition) is 5. The highest BCUT2D eigenvalue weighted by atomic mass is 32.3. The number of hydrogen-bond acceptors (Lipinski definition) is 6. The smallest absolute Gasteiger partial charge is 0.344 e. The SMILES string of the molecule is COc1ccc(C(=O)O)c2c1C(N)=C(C(=O)O)S2(C(N)=O)C(N)=O. The second-order valence-corrected chi connectivity index (χ2v) is 7.47. The van der Waals surface area contributed by atoms with Crippen molar-refractivity contribution >= 4 is 38.1 Å². The van der Waals surface area contributed by atoms with Crippen molar-refractivity contribution in [3.05, 3.63) is 28.2 Å². The maximum Gasteiger partial charge on any atom is 0.344 e. The number of amides is 2. The number of carboxylic acid groups (broad SMARTS) is 2. The van der Waals surface area contributed by atoms with E-state index in [1.807, 2.05) is 0 Å². The van der Waals surface area contributed by atoms with Gasteiger partial charge in [0, 0.05) is 4.90 Å². The van der Waals surface area contributed by atoms with E-state index in [1.54, 1.807) is 0 Å². The van der Waals surface area contributed by atoms with Crippen LogP contribution in [-0.2, 0) is 4.79 Å². The van der Waals surface area contributed by atoms with Crippen LogP contribution in [-0.4, -0.2) is 39.7 Å². The zero-order valence-corrected chi connectivity index (χ0v) is 13.0. The summed E-state index contributed by atoms with van der Waals surface area (Å²) in [5.41, 5.74) is 15.3. The van der Waals surface area contributed by atoms with E-state index in [2.05, 4.69) is 0 Å². The highest BCUT2D eigenvalue weighted by molar-refractivity contribution is 8.58. The number of nitrogens with two attached hydrogens (primary N) is 3. The molecule has 1 heterocycles. The predicted octanol–water partition coefficient (Wildman–Crippen LogP) is 0.440. The van der Waals surface area contributed by atoms with Crippen LogP contribution < -0.4 is 21.9 Å². The van der Waals surface area contributed by atoms with Crippen LogP contribution in [0, 0.1) is 0 Å². The highest BCUT2D eigenvalue weighted by Crippen LogP contribution is 2.71. The molecule has 128 valence electrons. The summed E-state index contributed by atoms with van der Waals surface area (Å²) in [6.07, 6.45) is 0. The third-order valence-electron chi connectivity index (χ3n) is 3.49. The van der Waals surface area contributed by atoms with Gasteiger partial charge in [0.1, 0.15) is 10.7 Å². The van der Waals surface area contributed by atoms with Crippen LogP contribution in [0.4, 0.5) is 9.59 Å². The Kier molecular flexibility index (Phi) is 3.90. The summed E-state index contributed by atoms with van der Waals surface area (Å²) < 4.78 is 5.05. The number of fused-ring (bicyclic) bond motifs is 1. The summed E-state index contributed by atoms with van der Waals surface area (Å²) in [7, 11) is -2.65. The topological polar surface area (TPSA) is 196 Å². The molecule has 0 fully saturated rings. The van der Waals surface area contributed by atoms with Gasteiger partial charge < -0.3 is 32.2 Å². The number of rotatable bonds is 3. The Balaban J connectivity index is 3.15. The molecule has 2 amide bonds. The first-order chi connectivity index (χ1) is 11.1. The van der Waals surface area contributed by atoms with E-state index in [9.17, 15) is 29.4 Å². The number of carbonyl (C=O) groups excluding carboxylic acids is 2. The fraction of sp³-hybridized carbons (Fsp3) is 0.0769. The van der Waals surface area contributed by atoms with Gasteiger partial charge in [-0.15, -0.1) is 0 Å². The van der Waals surface area contributed by atoms with Crippen molar-refractivity contribution in [2.75, 3.05) is 7.11 Å². The molecule has 0 saturated carbocycles. The zero-order valence-electron chi connectivity index (χ0n) is 12.2. The Morgan fingerprint density at radius 2 is 1.58 bits per heavy atom. The van der Waals surface area contributed by atoms with Crippen LogP contribution in [0.2, 0.25) is 0 Å². The van der Waals surface area contributed by atoms with E-state index in [0.29, 0.717) is 0 Å². The normalized spacial score (nSPS) is 16.2. The Labute approximate surface area is 136 Å². The summed E-state index contributed by atoms with van der Waals surface area (Å²) in [6.45, 7) is 0. The van der Waals surface area contributed by atoms with E-state index in [0.717, 1.165) is 6.07 Å². The van der Waals surface area contributed by atoms with E-state index in [-0.39, 0.29) is 11.3 Å². The van der Waals surface area contributed by atoms with Crippen LogP contribution in [0.1, 0.15) is 15.9 Å². The van der Waals surface area contributed by atoms with Crippen molar-refractivity contribution in [3.63, 3.8) is 0 Å². The zero-order chi connectivity index (χ0) is 18.4. The second kappa shape index (κ2) is 5.45. The van der Waals surface area contributed by atoms with Gasteiger partial charge in [0.2, 0.25) is 0 Å². The van der Waals surface area contributed by atoms with Gasteiger partial charge in [-0.05, 0) is 22.2 Å². The number of carboxylic acids is 2. The van der Waals surface area contributed by atoms with Crippen molar-refractivity contribution in [1.82, 2.24) is 0 Å². The van der Waals surface area contributed by atoms with Gasteiger partial charge in [0.05, 0.1) is 23.9 Å². The molecule has 8 N–H and O–H groups in total. The molecule has 0 aliphatic carbocycles. The first-order valence-corrected chi connectivity index (χ1v) is 7.85. The number of aliphatic carboxylic acids is 1. The van der Waals surface area contributed by atoms with Crippen molar-refractivity contribution in [2.24, 2.45) is 17.2 Å². The Morgan fingerprint density at radius 1 is 1.04 bits per heavy atom. The van der Waals surface area contributed by atoms with Crippen molar-refractivity contribution in [2.45, 2.75) is 4.90 Å². The Bertz CT molecular complexity index is 832. The van der Waals surface area contributed by atoms with E-state index in [1.165, 1.54) is 13.2 Å². The number of ether oxygens (including phenoxy) is 1. The molecule has 0 saturated heterocycles. The van der Waals surface area contributed by atoms with Crippen LogP contribution in [0.15, 0.2) is 21.9 Å². The molecule has 0 atom stereocenters. The molecule has 24 heavy (non-hydrogen) atoms. The molecule has 0 radical (unpaired) electrons. The lowest BCUT2D eigenvalue weighted by Crippen LogP contribution is -2.33. The Hall–Kier alpha value is -3.21. The van der Waals surface area contributed by atoms with E-state index >= 15 is 0 Å². The average Bonchev–Trinajstić information content (AvgIpc) is 2.77. The molecule has 0 aromatic heterocycles. The molecule has 0 spiro atoms. The molecule has 1 aliphatic heterocycles. The van der Waals surface area contributed by atoms with Gasteiger partial charge in [0.15, 0.2) is 0 Å². The number of methoxy groups -OCH3 is 1. The standard InChI is InChI=1S/C13H13N3O7S/c1-23-5-3-2-4(10(17)18)8-6(5)7(14)9(11(19)20)24(8,12(15)21)13(16)22/h2-3H,14H2,1H3,(H2,15,21)(H2,16,22)(H,17,18)(H,19,20). The van der Waals surface area contributed by atoms with Crippen LogP contribution >= 0.6 is 10.0 Å². The van der Waals surface area contributed by atoms with Crippen LogP contribution in [0.25, 0.3) is 5.70 Å². The van der Waals surface area contributed by atoms with Gasteiger partial charge in [-0.1, -0.05) is 0 Å². The molecule has 1 aromatic carbocycles. The van der Waals surface area contributed by atoms with Crippen molar-refractivity contribution in [3.8, 4) is 5.75 Å². The quantitative estimate of drug-likeness (QED) is 0.514. The molecule has 0 unspecified atom stereocenters. The maximum absolute atomic E-state index is 12.1. The fourth-order valence-corrected chi connectivity index (χ4v) is 5.51. The minimum absolute atomic E-state index is 0.0110. The van der Waals surface area contributed by atoms with Gasteiger partial charge >= 0.3 is 11.9 Å². The molecule has 11 heteroatoms. The van der Waals surface area contributed by atoms with Crippen LogP contribution in [0.5, 0.6) is 5.75 Å². The minimum atomic E-state index is -3.88. The summed E-state index contributed by atoms with van der Waals surface area (Å²) >= 11 is 0. The van der Waals surface area contributed by atoms with Gasteiger partial charge in [-0.3, -0.25) is 9.59 Å². The molecular weight excluding hydrogens is 342 g/mol. The van der Waals surface area contributed by atoms with Crippen molar-refractivity contribution in [1.29, 1.82) is 0 Å². The average molecular weight is 355 g/mol. The molecule has 2 rings (SSSR count).